The lowest BCUT2D eigenvalue weighted by molar-refractivity contribution is 0.441. The fourth-order valence-corrected chi connectivity index (χ4v) is 9.11. The van der Waals surface area contributed by atoms with E-state index in [1.54, 1.807) is 24.4 Å². The van der Waals surface area contributed by atoms with Crippen molar-refractivity contribution < 1.29 is 0 Å². The molecule has 1 aliphatic heterocycles. The van der Waals surface area contributed by atoms with Gasteiger partial charge in [0.15, 0.2) is 0 Å². The van der Waals surface area contributed by atoms with Crippen LogP contribution in [0.4, 0.5) is 0 Å². The van der Waals surface area contributed by atoms with Crippen molar-refractivity contribution in [3.63, 3.8) is 0 Å². The lowest BCUT2D eigenvalue weighted by atomic mass is 9.83. The highest BCUT2D eigenvalue weighted by molar-refractivity contribution is 6.55. The molecule has 1 heterocycles. The number of hydrogen-bond donors (Lipinski definition) is 0. The van der Waals surface area contributed by atoms with Crippen LogP contribution in [0.15, 0.2) is 48.5 Å². The average Bonchev–Trinajstić information content (AvgIpc) is 3.42. The van der Waals surface area contributed by atoms with Crippen LogP contribution < -0.4 is 5.19 Å². The van der Waals surface area contributed by atoms with Gasteiger partial charge in [0.1, 0.15) is 0 Å². The van der Waals surface area contributed by atoms with Gasteiger partial charge < -0.3 is 0 Å². The van der Waals surface area contributed by atoms with Gasteiger partial charge in [-0.1, -0.05) is 144 Å². The number of benzene rings is 2. The molecule has 0 bridgehead atoms. The molecule has 4 rings (SSSR count). The Balaban J connectivity index is 0.000000248. The van der Waals surface area contributed by atoms with Crippen molar-refractivity contribution in [2.75, 3.05) is 0 Å². The van der Waals surface area contributed by atoms with Crippen LogP contribution in [0.3, 0.4) is 0 Å². The summed E-state index contributed by atoms with van der Waals surface area (Å²) in [6.45, 7) is 6.93. The monoisotopic (exact) mass is 502 g/mol. The maximum Gasteiger partial charge on any atom is 0.0813 e. The van der Waals surface area contributed by atoms with Gasteiger partial charge in [-0.15, -0.1) is 0 Å². The van der Waals surface area contributed by atoms with Crippen LogP contribution in [0.2, 0.25) is 29.7 Å². The molecule has 2 aromatic carbocycles. The fraction of sp³-hybridized carbons (Fsp3) is 0.613. The van der Waals surface area contributed by atoms with Crippen molar-refractivity contribution in [2.45, 2.75) is 120 Å². The Morgan fingerprint density at radius 3 is 2.26 bits per heavy atom. The minimum Gasteiger partial charge on any atom is -0.0731 e. The van der Waals surface area contributed by atoms with E-state index < -0.39 is 0 Å². The maximum absolute atomic E-state index is 2.39. The van der Waals surface area contributed by atoms with E-state index in [0.717, 1.165) is 36.0 Å². The van der Waals surface area contributed by atoms with Gasteiger partial charge >= 0.3 is 0 Å². The van der Waals surface area contributed by atoms with Crippen molar-refractivity contribution in [3.05, 3.63) is 54.1 Å². The molecule has 1 aliphatic carbocycles. The Kier molecular flexibility index (Phi) is 13.0. The van der Waals surface area contributed by atoms with Crippen LogP contribution >= 0.6 is 0 Å². The van der Waals surface area contributed by atoms with Gasteiger partial charge in [-0.3, -0.25) is 0 Å². The second-order valence-corrected chi connectivity index (χ2v) is 14.9. The molecule has 3 heteroatoms. The van der Waals surface area contributed by atoms with E-state index >= 15 is 0 Å². The van der Waals surface area contributed by atoms with Gasteiger partial charge in [-0.25, -0.2) is 0 Å². The summed E-state index contributed by atoms with van der Waals surface area (Å²) in [5.74, 6) is 0.796. The quantitative estimate of drug-likeness (QED) is 0.224. The van der Waals surface area contributed by atoms with Gasteiger partial charge in [-0.2, -0.15) is 0 Å². The standard InChI is InChI=1S/C21H26Si2.C10H20Si/c1-3-23-21-7-5-4-6-20(21)18-10-8-16(9-11-18)17-12-14-19(22-2)15-13-17;1-2-3-4-5-7-10-8-6-9-11-10/h4-11,17,19H,3,12-15H2,1-2H3;10H,2-9H2,1H3. The summed E-state index contributed by atoms with van der Waals surface area (Å²) in [6.07, 6.45) is 16.1. The molecule has 34 heavy (non-hydrogen) atoms. The summed E-state index contributed by atoms with van der Waals surface area (Å²) >= 11 is 0. The third kappa shape index (κ3) is 8.95. The van der Waals surface area contributed by atoms with Gasteiger partial charge in [0.25, 0.3) is 0 Å². The largest absolute Gasteiger partial charge is 0.0813 e. The Bertz CT molecular complexity index is 787. The van der Waals surface area contributed by atoms with E-state index in [2.05, 4.69) is 68.9 Å². The van der Waals surface area contributed by atoms with Crippen molar-refractivity contribution in [2.24, 2.45) is 0 Å². The summed E-state index contributed by atoms with van der Waals surface area (Å²) < 4.78 is 0. The number of unbranched alkanes of at least 4 members (excludes halogenated alkanes) is 3. The second-order valence-electron chi connectivity index (χ2n) is 10.2. The Labute approximate surface area is 218 Å². The van der Waals surface area contributed by atoms with Crippen molar-refractivity contribution >= 4 is 33.7 Å². The van der Waals surface area contributed by atoms with Gasteiger partial charge in [0.2, 0.25) is 0 Å². The van der Waals surface area contributed by atoms with E-state index in [9.17, 15) is 0 Å². The van der Waals surface area contributed by atoms with Crippen molar-refractivity contribution in [1.29, 1.82) is 0 Å². The molecule has 0 N–H and O–H groups in total. The minimum atomic E-state index is 0.796. The lowest BCUT2D eigenvalue weighted by Crippen LogP contribution is -2.15. The lowest BCUT2D eigenvalue weighted by Gasteiger charge is -2.28. The van der Waals surface area contributed by atoms with Gasteiger partial charge in [0.05, 0.1) is 9.52 Å². The average molecular weight is 503 g/mol. The molecular weight excluding hydrogens is 457 g/mol. The van der Waals surface area contributed by atoms with Gasteiger partial charge in [0, 0.05) is 19.0 Å². The van der Waals surface area contributed by atoms with Crippen LogP contribution in [-0.2, 0) is 0 Å². The Hall–Kier alpha value is -0.909. The zero-order valence-corrected chi connectivity index (χ0v) is 25.0. The van der Waals surface area contributed by atoms with Gasteiger partial charge in [-0.05, 0) is 46.5 Å². The zero-order chi connectivity index (χ0) is 24.0. The first-order valence-electron chi connectivity index (χ1n) is 14.1. The normalized spacial score (nSPS) is 22.3. The summed E-state index contributed by atoms with van der Waals surface area (Å²) in [5.41, 5.74) is 6.52. The van der Waals surface area contributed by atoms with Crippen LogP contribution in [0, 0.1) is 0 Å². The highest BCUT2D eigenvalue weighted by Gasteiger charge is 2.21. The minimum absolute atomic E-state index is 0.796. The summed E-state index contributed by atoms with van der Waals surface area (Å²) in [4.78, 5) is 0. The molecular formula is C31H46Si3. The molecule has 182 valence electrons. The van der Waals surface area contributed by atoms with E-state index in [1.807, 2.05) is 0 Å². The van der Waals surface area contributed by atoms with Crippen LogP contribution in [-0.4, -0.2) is 28.6 Å². The van der Waals surface area contributed by atoms with E-state index in [4.69, 9.17) is 0 Å². The van der Waals surface area contributed by atoms with E-state index in [1.165, 1.54) is 89.7 Å². The first-order valence-corrected chi connectivity index (χ1v) is 18.2. The topological polar surface area (TPSA) is 0 Å². The summed E-state index contributed by atoms with van der Waals surface area (Å²) in [7, 11) is 3.36. The van der Waals surface area contributed by atoms with Crippen molar-refractivity contribution in [1.82, 2.24) is 0 Å². The maximum atomic E-state index is 2.39. The fourth-order valence-electron chi connectivity index (χ4n) is 5.55. The molecule has 6 radical (unpaired) electrons. The molecule has 1 saturated heterocycles. The predicted octanol–water partition coefficient (Wildman–Crippen LogP) is 8.98. The molecule has 2 aromatic rings. The summed E-state index contributed by atoms with van der Waals surface area (Å²) in [6, 6.07) is 21.2. The third-order valence-corrected chi connectivity index (χ3v) is 12.1. The number of rotatable bonds is 10. The predicted molar refractivity (Wildman–Crippen MR) is 157 cm³/mol. The number of hydrogen-bond acceptors (Lipinski definition) is 0. The highest BCUT2D eigenvalue weighted by atomic mass is 28.2. The third-order valence-electron chi connectivity index (χ3n) is 7.69. The molecule has 1 atom stereocenters. The molecule has 1 saturated carbocycles. The summed E-state index contributed by atoms with van der Waals surface area (Å²) in [5, 5.41) is 1.51. The SMILES string of the molecule is CCCCCCC1CCC[Si]1.CC[Si]c1ccccc1-c1ccc(C2CCC([Si]C)CC2)cc1. The molecule has 0 nitrogen and oxygen atoms in total. The smallest absolute Gasteiger partial charge is 0.0731 e. The van der Waals surface area contributed by atoms with E-state index in [-0.39, 0.29) is 0 Å². The van der Waals surface area contributed by atoms with E-state index in [0.29, 0.717) is 0 Å². The molecule has 0 aromatic heterocycles. The molecule has 0 spiro atoms. The van der Waals surface area contributed by atoms with Crippen LogP contribution in [0.1, 0.15) is 96.0 Å². The first kappa shape index (κ1) is 27.7. The first-order chi connectivity index (χ1) is 16.7. The van der Waals surface area contributed by atoms with Crippen molar-refractivity contribution in [3.8, 4) is 11.1 Å². The van der Waals surface area contributed by atoms with Crippen LogP contribution in [0.25, 0.3) is 11.1 Å². The molecule has 2 aliphatic rings. The molecule has 1 unspecified atom stereocenters. The Morgan fingerprint density at radius 1 is 0.853 bits per heavy atom. The molecule has 0 amide bonds. The zero-order valence-electron chi connectivity index (χ0n) is 22.0. The highest BCUT2D eigenvalue weighted by Crippen LogP contribution is 2.38. The second kappa shape index (κ2) is 16.0. The van der Waals surface area contributed by atoms with Crippen LogP contribution in [0.5, 0.6) is 0 Å². The molecule has 2 fully saturated rings. The Morgan fingerprint density at radius 2 is 1.62 bits per heavy atom.